The number of rotatable bonds is 7. The summed E-state index contributed by atoms with van der Waals surface area (Å²) < 4.78 is 16.3. The van der Waals surface area contributed by atoms with E-state index in [1.807, 2.05) is 56.3 Å². The molecule has 3 rings (SSSR count). The topological polar surface area (TPSA) is 61.8 Å². The molecular formula is C20H24O5. The molecule has 5 nitrogen and oxygen atoms in total. The lowest BCUT2D eigenvalue weighted by Gasteiger charge is -2.38. The van der Waals surface area contributed by atoms with E-state index in [-0.39, 0.29) is 0 Å². The number of ether oxygens (including phenoxy) is 3. The number of cyclic esters (lactones) is 2. The normalized spacial score (nSPS) is 31.0. The molecule has 1 fully saturated rings. The van der Waals surface area contributed by atoms with Gasteiger partial charge in [0.15, 0.2) is 0 Å². The fourth-order valence-corrected chi connectivity index (χ4v) is 3.70. The van der Waals surface area contributed by atoms with Crippen LogP contribution in [0.3, 0.4) is 0 Å². The van der Waals surface area contributed by atoms with Crippen LogP contribution in [0.4, 0.5) is 0 Å². The molecular weight excluding hydrogens is 320 g/mol. The minimum Gasteiger partial charge on any atom is -0.393 e. The van der Waals surface area contributed by atoms with Crippen molar-refractivity contribution in [2.75, 3.05) is 13.2 Å². The average Bonchev–Trinajstić information content (AvgIpc) is 2.92. The van der Waals surface area contributed by atoms with Gasteiger partial charge in [0.05, 0.1) is 18.6 Å². The molecule has 0 bridgehead atoms. The highest BCUT2D eigenvalue weighted by Gasteiger charge is 2.57. The predicted octanol–water partition coefficient (Wildman–Crippen LogP) is 2.89. The highest BCUT2D eigenvalue weighted by atomic mass is 16.6. The average molecular weight is 344 g/mol. The van der Waals surface area contributed by atoms with Crippen LogP contribution in [0.25, 0.3) is 0 Å². The Balaban J connectivity index is 1.66. The van der Waals surface area contributed by atoms with Gasteiger partial charge < -0.3 is 14.2 Å². The summed E-state index contributed by atoms with van der Waals surface area (Å²) in [5.41, 5.74) is 0.634. The molecule has 0 N–H and O–H groups in total. The summed E-state index contributed by atoms with van der Waals surface area (Å²) in [6.07, 6.45) is 4.12. The molecule has 1 aliphatic carbocycles. The minimum absolute atomic E-state index is 0.396. The molecule has 0 saturated carbocycles. The van der Waals surface area contributed by atoms with E-state index in [1.54, 1.807) is 0 Å². The van der Waals surface area contributed by atoms with E-state index in [9.17, 15) is 9.59 Å². The smallest absolute Gasteiger partial charge is 0.320 e. The highest BCUT2D eigenvalue weighted by Crippen LogP contribution is 2.47. The lowest BCUT2D eigenvalue weighted by atomic mass is 9.65. The first kappa shape index (κ1) is 17.8. The van der Waals surface area contributed by atoms with Crippen molar-refractivity contribution in [2.45, 2.75) is 33.0 Å². The summed E-state index contributed by atoms with van der Waals surface area (Å²) in [7, 11) is 0. The summed E-state index contributed by atoms with van der Waals surface area (Å²) in [5, 5.41) is 0. The van der Waals surface area contributed by atoms with Crippen LogP contribution in [0, 0.1) is 17.3 Å². The summed E-state index contributed by atoms with van der Waals surface area (Å²) in [4.78, 5) is 24.4. The Labute approximate surface area is 148 Å². The van der Waals surface area contributed by atoms with Crippen molar-refractivity contribution in [1.82, 2.24) is 0 Å². The van der Waals surface area contributed by atoms with Crippen LogP contribution in [-0.4, -0.2) is 31.3 Å². The summed E-state index contributed by atoms with van der Waals surface area (Å²) in [6.45, 7) is 5.36. The Kier molecular flexibility index (Phi) is 5.35. The van der Waals surface area contributed by atoms with Crippen LogP contribution in [0.2, 0.25) is 0 Å². The van der Waals surface area contributed by atoms with Crippen molar-refractivity contribution < 1.29 is 23.8 Å². The van der Waals surface area contributed by atoms with E-state index in [0.29, 0.717) is 26.2 Å². The largest absolute Gasteiger partial charge is 0.393 e. The molecule has 1 heterocycles. The van der Waals surface area contributed by atoms with E-state index in [4.69, 9.17) is 14.2 Å². The Bertz CT molecular complexity index is 653. The first-order chi connectivity index (χ1) is 12.0. The van der Waals surface area contributed by atoms with Crippen LogP contribution in [0.5, 0.6) is 0 Å². The summed E-state index contributed by atoms with van der Waals surface area (Å²) in [6, 6.07) is 9.94. The molecule has 0 spiro atoms. The third-order valence-electron chi connectivity index (χ3n) is 5.07. The zero-order chi connectivity index (χ0) is 17.9. The molecule has 1 aromatic carbocycles. The number of hydrogen-bond acceptors (Lipinski definition) is 5. The SMILES string of the molecule is CCO[C@@H]1C=C[C@](C)(CCOCc2ccccc2)[C@@H]2C(=O)OC(=O)[C@@H]21. The number of fused-ring (bicyclic) bond motifs is 1. The molecule has 1 saturated heterocycles. The van der Waals surface area contributed by atoms with Gasteiger partial charge in [0.2, 0.25) is 0 Å². The van der Waals surface area contributed by atoms with Gasteiger partial charge in [0.1, 0.15) is 5.92 Å². The second kappa shape index (κ2) is 7.50. The van der Waals surface area contributed by atoms with Crippen LogP contribution in [0.15, 0.2) is 42.5 Å². The van der Waals surface area contributed by atoms with Gasteiger partial charge in [-0.05, 0) is 18.9 Å². The molecule has 5 heteroatoms. The van der Waals surface area contributed by atoms with Gasteiger partial charge in [-0.1, -0.05) is 49.4 Å². The van der Waals surface area contributed by atoms with Gasteiger partial charge in [0, 0.05) is 18.6 Å². The number of carbonyl (C=O) groups excluding carboxylic acids is 2. The Hall–Kier alpha value is -1.98. The van der Waals surface area contributed by atoms with Crippen LogP contribution >= 0.6 is 0 Å². The van der Waals surface area contributed by atoms with Crippen molar-refractivity contribution in [3.8, 4) is 0 Å². The molecule has 4 atom stereocenters. The highest BCUT2D eigenvalue weighted by molar-refractivity contribution is 5.98. The predicted molar refractivity (Wildman–Crippen MR) is 91.5 cm³/mol. The van der Waals surface area contributed by atoms with Crippen molar-refractivity contribution >= 4 is 11.9 Å². The fraction of sp³-hybridized carbons (Fsp3) is 0.500. The van der Waals surface area contributed by atoms with Gasteiger partial charge in [-0.25, -0.2) is 0 Å². The number of carbonyl (C=O) groups is 2. The van der Waals surface area contributed by atoms with E-state index >= 15 is 0 Å². The molecule has 0 amide bonds. The van der Waals surface area contributed by atoms with Crippen LogP contribution in [0.1, 0.15) is 25.8 Å². The van der Waals surface area contributed by atoms with E-state index in [2.05, 4.69) is 0 Å². The van der Waals surface area contributed by atoms with Crippen molar-refractivity contribution in [1.29, 1.82) is 0 Å². The Morgan fingerprint density at radius 2 is 1.92 bits per heavy atom. The van der Waals surface area contributed by atoms with Gasteiger partial charge in [-0.2, -0.15) is 0 Å². The van der Waals surface area contributed by atoms with E-state index in [1.165, 1.54) is 0 Å². The summed E-state index contributed by atoms with van der Waals surface area (Å²) >= 11 is 0. The molecule has 1 aromatic rings. The standard InChI is InChI=1S/C20H24O5/c1-3-24-15-9-10-20(2,17-16(15)18(21)25-19(17)22)11-12-23-13-14-7-5-4-6-8-14/h4-10,15-17H,3,11-13H2,1-2H3/t15-,16-,17+,20-/m1/s1. The molecule has 0 radical (unpaired) electrons. The maximum atomic E-state index is 12.3. The quantitative estimate of drug-likeness (QED) is 0.329. The third-order valence-corrected chi connectivity index (χ3v) is 5.07. The molecule has 2 aliphatic rings. The number of hydrogen-bond donors (Lipinski definition) is 0. The fourth-order valence-electron chi connectivity index (χ4n) is 3.70. The number of allylic oxidation sites excluding steroid dienone is 1. The monoisotopic (exact) mass is 344 g/mol. The van der Waals surface area contributed by atoms with Crippen LogP contribution in [-0.2, 0) is 30.4 Å². The van der Waals surface area contributed by atoms with Gasteiger partial charge in [-0.15, -0.1) is 0 Å². The van der Waals surface area contributed by atoms with Gasteiger partial charge >= 0.3 is 11.9 Å². The third kappa shape index (κ3) is 3.67. The number of esters is 2. The zero-order valence-corrected chi connectivity index (χ0v) is 14.6. The maximum Gasteiger partial charge on any atom is 0.320 e. The molecule has 1 aliphatic heterocycles. The lowest BCUT2D eigenvalue weighted by molar-refractivity contribution is -0.154. The van der Waals surface area contributed by atoms with Gasteiger partial charge in [-0.3, -0.25) is 9.59 Å². The molecule has 0 aromatic heterocycles. The second-order valence-corrected chi connectivity index (χ2v) is 6.82. The first-order valence-corrected chi connectivity index (χ1v) is 8.73. The lowest BCUT2D eigenvalue weighted by Crippen LogP contribution is -2.44. The second-order valence-electron chi connectivity index (χ2n) is 6.82. The molecule has 134 valence electrons. The van der Waals surface area contributed by atoms with Crippen LogP contribution < -0.4 is 0 Å². The Morgan fingerprint density at radius 1 is 1.16 bits per heavy atom. The van der Waals surface area contributed by atoms with Gasteiger partial charge in [0.25, 0.3) is 0 Å². The van der Waals surface area contributed by atoms with Crippen molar-refractivity contribution in [2.24, 2.45) is 17.3 Å². The maximum absolute atomic E-state index is 12.3. The van der Waals surface area contributed by atoms with E-state index < -0.39 is 35.3 Å². The molecule has 25 heavy (non-hydrogen) atoms. The van der Waals surface area contributed by atoms with Crippen molar-refractivity contribution in [3.63, 3.8) is 0 Å². The van der Waals surface area contributed by atoms with Crippen molar-refractivity contribution in [3.05, 3.63) is 48.0 Å². The first-order valence-electron chi connectivity index (χ1n) is 8.73. The number of benzene rings is 1. The van der Waals surface area contributed by atoms with E-state index in [0.717, 1.165) is 5.56 Å². The molecule has 0 unspecified atom stereocenters. The Morgan fingerprint density at radius 3 is 2.64 bits per heavy atom. The zero-order valence-electron chi connectivity index (χ0n) is 14.6. The summed E-state index contributed by atoms with van der Waals surface area (Å²) in [5.74, 6) is -2.00. The minimum atomic E-state index is -0.559.